The lowest BCUT2D eigenvalue weighted by Crippen LogP contribution is -2.07. The van der Waals surface area contributed by atoms with Crippen molar-refractivity contribution in [3.63, 3.8) is 0 Å². The number of aryl methyl sites for hydroxylation is 2. The number of aromatic nitrogens is 1. The first-order chi connectivity index (χ1) is 10.7. The van der Waals surface area contributed by atoms with Crippen molar-refractivity contribution in [3.05, 3.63) is 58.3 Å². The molecule has 5 heteroatoms. The van der Waals surface area contributed by atoms with Crippen LogP contribution in [-0.2, 0) is 18.6 Å². The minimum Gasteiger partial charge on any atom is -0.245 e. The highest BCUT2D eigenvalue weighted by molar-refractivity contribution is 7.98. The van der Waals surface area contributed by atoms with Gasteiger partial charge in [0.15, 0.2) is 0 Å². The van der Waals surface area contributed by atoms with Crippen LogP contribution in [0, 0.1) is 23.0 Å². The van der Waals surface area contributed by atoms with Gasteiger partial charge in [-0.3, -0.25) is 0 Å². The smallest absolute Gasteiger partial charge is 0.130 e. The van der Waals surface area contributed by atoms with Crippen molar-refractivity contribution in [2.24, 2.45) is 0 Å². The van der Waals surface area contributed by atoms with Crippen molar-refractivity contribution in [2.75, 3.05) is 0 Å². The summed E-state index contributed by atoms with van der Waals surface area (Å²) in [4.78, 5) is 4.55. The summed E-state index contributed by atoms with van der Waals surface area (Å²) in [5.74, 6) is -1.01. The third-order valence-electron chi connectivity index (χ3n) is 3.80. The quantitative estimate of drug-likeness (QED) is 0.787. The number of rotatable bonds is 3. The Morgan fingerprint density at radius 1 is 1.18 bits per heavy atom. The first kappa shape index (κ1) is 15.0. The molecule has 3 rings (SSSR count). The van der Waals surface area contributed by atoms with E-state index < -0.39 is 11.6 Å². The zero-order valence-electron chi connectivity index (χ0n) is 11.9. The summed E-state index contributed by atoms with van der Waals surface area (Å²) in [6.45, 7) is 0. The summed E-state index contributed by atoms with van der Waals surface area (Å²) in [5.41, 5.74) is 2.66. The number of nitrogens with zero attached hydrogens (tertiary/aromatic N) is 2. The number of benzene rings is 1. The average Bonchev–Trinajstić information content (AvgIpc) is 2.53. The van der Waals surface area contributed by atoms with E-state index in [9.17, 15) is 14.0 Å². The van der Waals surface area contributed by atoms with Crippen molar-refractivity contribution < 1.29 is 8.78 Å². The number of pyridine rings is 1. The van der Waals surface area contributed by atoms with Crippen molar-refractivity contribution in [1.29, 1.82) is 5.26 Å². The first-order valence-electron chi connectivity index (χ1n) is 7.17. The molecule has 0 N–H and O–H groups in total. The SMILES string of the molecule is N#Cc1cc2c(nc1SCc1c(F)cccc1F)CCCC2. The molecule has 0 saturated heterocycles. The predicted molar refractivity (Wildman–Crippen MR) is 81.5 cm³/mol. The predicted octanol–water partition coefficient (Wildman–Crippen LogP) is 4.40. The third-order valence-corrected chi connectivity index (χ3v) is 4.82. The Labute approximate surface area is 132 Å². The molecule has 2 nitrogen and oxygen atoms in total. The molecule has 0 aliphatic heterocycles. The molecule has 1 aliphatic rings. The maximum Gasteiger partial charge on any atom is 0.130 e. The molecule has 2 aromatic rings. The molecule has 1 aromatic heterocycles. The van der Waals surface area contributed by atoms with Gasteiger partial charge in [-0.1, -0.05) is 6.07 Å². The van der Waals surface area contributed by atoms with Gasteiger partial charge in [0.2, 0.25) is 0 Å². The van der Waals surface area contributed by atoms with Crippen molar-refractivity contribution in [2.45, 2.75) is 36.5 Å². The Bertz CT molecular complexity index is 733. The molecule has 1 aliphatic carbocycles. The maximum atomic E-state index is 13.7. The largest absolute Gasteiger partial charge is 0.245 e. The molecular formula is C17H14F2N2S. The van der Waals surface area contributed by atoms with Crippen LogP contribution < -0.4 is 0 Å². The second-order valence-electron chi connectivity index (χ2n) is 5.25. The van der Waals surface area contributed by atoms with E-state index in [2.05, 4.69) is 11.1 Å². The summed E-state index contributed by atoms with van der Waals surface area (Å²) < 4.78 is 27.3. The molecular weight excluding hydrogens is 302 g/mol. The van der Waals surface area contributed by atoms with Crippen LogP contribution >= 0.6 is 11.8 Å². The van der Waals surface area contributed by atoms with E-state index >= 15 is 0 Å². The molecule has 0 spiro atoms. The first-order valence-corrected chi connectivity index (χ1v) is 8.16. The van der Waals surface area contributed by atoms with Gasteiger partial charge >= 0.3 is 0 Å². The molecule has 0 atom stereocenters. The van der Waals surface area contributed by atoms with Crippen LogP contribution in [0.4, 0.5) is 8.78 Å². The molecule has 0 fully saturated rings. The minimum atomic E-state index is -0.566. The molecule has 0 amide bonds. The lowest BCUT2D eigenvalue weighted by Gasteiger charge is -2.16. The standard InChI is InChI=1S/C17H14F2N2S/c18-14-5-3-6-15(19)13(14)10-22-17-12(9-20)8-11-4-1-2-7-16(11)21-17/h3,5-6,8H,1-2,4,7,10H2. The van der Waals surface area contributed by atoms with E-state index in [1.54, 1.807) is 0 Å². The summed E-state index contributed by atoms with van der Waals surface area (Å²) in [6.07, 6.45) is 4.07. The Kier molecular flexibility index (Phi) is 4.39. The number of halogens is 2. The van der Waals surface area contributed by atoms with Crippen LogP contribution in [0.25, 0.3) is 0 Å². The second kappa shape index (κ2) is 6.45. The van der Waals surface area contributed by atoms with Crippen molar-refractivity contribution >= 4 is 11.8 Å². The molecule has 0 radical (unpaired) electrons. The number of thioether (sulfide) groups is 1. The zero-order valence-corrected chi connectivity index (χ0v) is 12.7. The highest BCUT2D eigenvalue weighted by Gasteiger charge is 2.16. The molecule has 22 heavy (non-hydrogen) atoms. The van der Waals surface area contributed by atoms with Crippen molar-refractivity contribution in [1.82, 2.24) is 4.98 Å². The van der Waals surface area contributed by atoms with E-state index in [1.807, 2.05) is 6.07 Å². The summed E-state index contributed by atoms with van der Waals surface area (Å²) >= 11 is 1.21. The fraction of sp³-hybridized carbons (Fsp3) is 0.294. The average molecular weight is 316 g/mol. The van der Waals surface area contributed by atoms with Crippen LogP contribution in [0.15, 0.2) is 29.3 Å². The van der Waals surface area contributed by atoms with Gasteiger partial charge in [-0.15, -0.1) is 11.8 Å². The molecule has 112 valence electrons. The minimum absolute atomic E-state index is 0.0240. The van der Waals surface area contributed by atoms with Crippen LogP contribution in [0.5, 0.6) is 0 Å². The van der Waals surface area contributed by atoms with E-state index in [-0.39, 0.29) is 11.3 Å². The van der Waals surface area contributed by atoms with Crippen LogP contribution in [0.1, 0.15) is 35.2 Å². The Balaban J connectivity index is 1.87. The van der Waals surface area contributed by atoms with Gasteiger partial charge in [0.25, 0.3) is 0 Å². The zero-order chi connectivity index (χ0) is 15.5. The molecule has 0 saturated carbocycles. The molecule has 0 unspecified atom stereocenters. The van der Waals surface area contributed by atoms with Gasteiger partial charge in [0.1, 0.15) is 22.7 Å². The van der Waals surface area contributed by atoms with E-state index in [0.29, 0.717) is 10.6 Å². The van der Waals surface area contributed by atoms with Crippen LogP contribution in [0.3, 0.4) is 0 Å². The number of fused-ring (bicyclic) bond motifs is 1. The fourth-order valence-corrected chi connectivity index (χ4v) is 3.61. The molecule has 0 bridgehead atoms. The number of hydrogen-bond donors (Lipinski definition) is 0. The highest BCUT2D eigenvalue weighted by atomic mass is 32.2. The van der Waals surface area contributed by atoms with Crippen LogP contribution in [0.2, 0.25) is 0 Å². The number of hydrogen-bond acceptors (Lipinski definition) is 3. The Morgan fingerprint density at radius 3 is 2.64 bits per heavy atom. The summed E-state index contributed by atoms with van der Waals surface area (Å²) in [7, 11) is 0. The second-order valence-corrected chi connectivity index (χ2v) is 6.22. The summed E-state index contributed by atoms with van der Waals surface area (Å²) in [5, 5.41) is 9.84. The van der Waals surface area contributed by atoms with Gasteiger partial charge in [0, 0.05) is 17.0 Å². The Morgan fingerprint density at radius 2 is 1.91 bits per heavy atom. The lowest BCUT2D eigenvalue weighted by molar-refractivity contribution is 0.566. The van der Waals surface area contributed by atoms with Gasteiger partial charge in [0.05, 0.1) is 5.56 Å². The van der Waals surface area contributed by atoms with Gasteiger partial charge in [-0.05, 0) is 49.4 Å². The highest BCUT2D eigenvalue weighted by Crippen LogP contribution is 2.30. The van der Waals surface area contributed by atoms with E-state index in [1.165, 1.54) is 30.0 Å². The summed E-state index contributed by atoms with van der Waals surface area (Å²) in [6, 6.07) is 7.84. The third kappa shape index (κ3) is 2.97. The molecule has 1 heterocycles. The van der Waals surface area contributed by atoms with E-state index in [4.69, 9.17) is 0 Å². The van der Waals surface area contributed by atoms with Gasteiger partial charge in [-0.2, -0.15) is 5.26 Å². The Hall–Kier alpha value is -1.93. The molecule has 1 aromatic carbocycles. The fourth-order valence-electron chi connectivity index (χ4n) is 2.62. The van der Waals surface area contributed by atoms with Crippen molar-refractivity contribution in [3.8, 4) is 6.07 Å². The number of nitriles is 1. The van der Waals surface area contributed by atoms with E-state index in [0.717, 1.165) is 36.9 Å². The van der Waals surface area contributed by atoms with Gasteiger partial charge in [-0.25, -0.2) is 13.8 Å². The van der Waals surface area contributed by atoms with Crippen LogP contribution in [-0.4, -0.2) is 4.98 Å². The lowest BCUT2D eigenvalue weighted by atomic mass is 9.95. The maximum absolute atomic E-state index is 13.7. The normalized spacial score (nSPS) is 13.5. The monoisotopic (exact) mass is 316 g/mol. The van der Waals surface area contributed by atoms with Gasteiger partial charge < -0.3 is 0 Å². The topological polar surface area (TPSA) is 36.7 Å².